The van der Waals surface area contributed by atoms with E-state index in [-0.39, 0.29) is 19.0 Å². The van der Waals surface area contributed by atoms with Crippen molar-refractivity contribution in [1.29, 1.82) is 0 Å². The van der Waals surface area contributed by atoms with Gasteiger partial charge in [0, 0.05) is 12.7 Å². The number of aryl methyl sites for hydroxylation is 2. The van der Waals surface area contributed by atoms with Crippen LogP contribution in [0.1, 0.15) is 11.1 Å². The molecule has 1 atom stereocenters. The molecule has 0 saturated carbocycles. The second-order valence-electron chi connectivity index (χ2n) is 5.25. The Kier molecular flexibility index (Phi) is 6.52. The number of anilines is 1. The Labute approximate surface area is 130 Å². The number of carbonyl (C=O) groups is 3. The van der Waals surface area contributed by atoms with Crippen LogP contribution in [0.25, 0.3) is 0 Å². The third-order valence-electron chi connectivity index (χ3n) is 3.15. The molecule has 1 rings (SSSR count). The highest BCUT2D eigenvalue weighted by Gasteiger charge is 2.16. The molecule has 7 nitrogen and oxygen atoms in total. The number of urea groups is 1. The van der Waals surface area contributed by atoms with E-state index in [1.807, 2.05) is 32.0 Å². The Bertz CT molecular complexity index is 552. The standard InChI is InChI=1S/C15H22N4O3/c1-10-6-5-7-11(2)14(10)17-12(20)8-19(4)9-13(21)18-15(22)16-3/h5-7H,8-9H2,1-4H3,(H,17,20)(H2,16,18,21,22)/p+1. The first-order valence-electron chi connectivity index (χ1n) is 7.02. The van der Waals surface area contributed by atoms with Gasteiger partial charge in [0.1, 0.15) is 0 Å². The summed E-state index contributed by atoms with van der Waals surface area (Å²) >= 11 is 0. The maximum atomic E-state index is 12.0. The topological polar surface area (TPSA) is 91.7 Å². The Hall–Kier alpha value is -2.41. The van der Waals surface area contributed by atoms with Crippen molar-refractivity contribution in [2.24, 2.45) is 0 Å². The molecule has 0 spiro atoms. The van der Waals surface area contributed by atoms with Gasteiger partial charge in [0.25, 0.3) is 11.8 Å². The molecular weight excluding hydrogens is 284 g/mol. The van der Waals surface area contributed by atoms with Crippen molar-refractivity contribution in [1.82, 2.24) is 10.6 Å². The largest absolute Gasteiger partial charge is 0.341 e. The monoisotopic (exact) mass is 307 g/mol. The number of nitrogens with one attached hydrogen (secondary N) is 4. The first-order chi connectivity index (χ1) is 10.3. The van der Waals surface area contributed by atoms with Crippen molar-refractivity contribution in [2.45, 2.75) is 13.8 Å². The normalized spacial score (nSPS) is 11.5. The quantitative estimate of drug-likeness (QED) is 0.575. The van der Waals surface area contributed by atoms with Crippen molar-refractivity contribution in [3.63, 3.8) is 0 Å². The van der Waals surface area contributed by atoms with Gasteiger partial charge in [-0.05, 0) is 25.0 Å². The molecule has 1 aromatic rings. The molecule has 0 bridgehead atoms. The highest BCUT2D eigenvalue weighted by atomic mass is 16.2. The third kappa shape index (κ3) is 5.53. The molecule has 7 heteroatoms. The minimum absolute atomic E-state index is 0.0353. The smallest absolute Gasteiger partial charge is 0.321 e. The molecule has 4 N–H and O–H groups in total. The molecule has 1 aromatic carbocycles. The van der Waals surface area contributed by atoms with Crippen LogP contribution in [-0.4, -0.2) is 45.0 Å². The third-order valence-corrected chi connectivity index (χ3v) is 3.15. The van der Waals surface area contributed by atoms with Gasteiger partial charge in [0.2, 0.25) is 0 Å². The fourth-order valence-electron chi connectivity index (χ4n) is 2.04. The molecule has 0 aliphatic carbocycles. The highest BCUT2D eigenvalue weighted by molar-refractivity contribution is 5.95. The van der Waals surface area contributed by atoms with Gasteiger partial charge in [-0.15, -0.1) is 0 Å². The lowest BCUT2D eigenvalue weighted by molar-refractivity contribution is -0.862. The number of hydrogen-bond donors (Lipinski definition) is 4. The molecule has 120 valence electrons. The SMILES string of the molecule is CNC(=O)NC(=O)C[NH+](C)CC(=O)Nc1c(C)cccc1C. The zero-order valence-corrected chi connectivity index (χ0v) is 13.4. The Balaban J connectivity index is 2.51. The number of likely N-dealkylation sites (N-methyl/N-ethyl adjacent to an activating group) is 1. The van der Waals surface area contributed by atoms with Crippen molar-refractivity contribution >= 4 is 23.5 Å². The van der Waals surface area contributed by atoms with E-state index in [9.17, 15) is 14.4 Å². The lowest BCUT2D eigenvalue weighted by Crippen LogP contribution is -3.11. The number of carbonyl (C=O) groups excluding carboxylic acids is 3. The zero-order valence-electron chi connectivity index (χ0n) is 13.4. The van der Waals surface area contributed by atoms with E-state index in [4.69, 9.17) is 0 Å². The van der Waals surface area contributed by atoms with Crippen LogP contribution in [0.3, 0.4) is 0 Å². The Morgan fingerprint density at radius 1 is 1.05 bits per heavy atom. The van der Waals surface area contributed by atoms with Crippen LogP contribution in [0.4, 0.5) is 10.5 Å². The highest BCUT2D eigenvalue weighted by Crippen LogP contribution is 2.18. The van der Waals surface area contributed by atoms with Gasteiger partial charge in [-0.25, -0.2) is 4.79 Å². The summed E-state index contributed by atoms with van der Waals surface area (Å²) in [6.45, 7) is 4.02. The lowest BCUT2D eigenvalue weighted by atomic mass is 10.1. The molecule has 0 heterocycles. The maximum absolute atomic E-state index is 12.0. The molecule has 1 unspecified atom stereocenters. The number of benzene rings is 1. The van der Waals surface area contributed by atoms with Crippen LogP contribution in [0.15, 0.2) is 18.2 Å². The van der Waals surface area contributed by atoms with E-state index in [1.54, 1.807) is 7.05 Å². The van der Waals surface area contributed by atoms with E-state index < -0.39 is 11.9 Å². The van der Waals surface area contributed by atoms with E-state index >= 15 is 0 Å². The van der Waals surface area contributed by atoms with Crippen LogP contribution in [0, 0.1) is 13.8 Å². The molecule has 0 aromatic heterocycles. The molecule has 0 aliphatic rings. The average molecular weight is 307 g/mol. The van der Waals surface area contributed by atoms with Crippen molar-refractivity contribution in [3.05, 3.63) is 29.3 Å². The number of para-hydroxylation sites is 1. The van der Waals surface area contributed by atoms with Crippen LogP contribution in [0.5, 0.6) is 0 Å². The summed E-state index contributed by atoms with van der Waals surface area (Å²) in [4.78, 5) is 35.3. The summed E-state index contributed by atoms with van der Waals surface area (Å²) < 4.78 is 0. The first kappa shape index (κ1) is 17.6. The van der Waals surface area contributed by atoms with Crippen LogP contribution >= 0.6 is 0 Å². The predicted molar refractivity (Wildman–Crippen MR) is 83.8 cm³/mol. The summed E-state index contributed by atoms with van der Waals surface area (Å²) in [5, 5.41) is 7.32. The van der Waals surface area contributed by atoms with Crippen LogP contribution in [-0.2, 0) is 9.59 Å². The van der Waals surface area contributed by atoms with Crippen LogP contribution in [0.2, 0.25) is 0 Å². The first-order valence-corrected chi connectivity index (χ1v) is 7.02. The van der Waals surface area contributed by atoms with Gasteiger partial charge in [0.05, 0.1) is 7.05 Å². The fourth-order valence-corrected chi connectivity index (χ4v) is 2.04. The summed E-state index contributed by atoms with van der Waals surface area (Å²) in [6, 6.07) is 5.23. The molecule has 0 fully saturated rings. The number of rotatable bonds is 5. The second-order valence-corrected chi connectivity index (χ2v) is 5.25. The molecule has 4 amide bonds. The van der Waals surface area contributed by atoms with E-state index in [1.165, 1.54) is 7.05 Å². The summed E-state index contributed by atoms with van der Waals surface area (Å²) in [5.74, 6) is -0.612. The number of imide groups is 1. The summed E-state index contributed by atoms with van der Waals surface area (Å²) in [7, 11) is 3.14. The van der Waals surface area contributed by atoms with Crippen molar-refractivity contribution < 1.29 is 19.3 Å². The lowest BCUT2D eigenvalue weighted by Gasteiger charge is -2.15. The fraction of sp³-hybridized carbons (Fsp3) is 0.400. The predicted octanol–water partition coefficient (Wildman–Crippen LogP) is -0.788. The van der Waals surface area contributed by atoms with Gasteiger partial charge in [-0.3, -0.25) is 14.9 Å². The molecular formula is C15H23N4O3+. The zero-order chi connectivity index (χ0) is 16.7. The van der Waals surface area contributed by atoms with Crippen LogP contribution < -0.4 is 20.9 Å². The van der Waals surface area contributed by atoms with Gasteiger partial charge < -0.3 is 15.5 Å². The van der Waals surface area contributed by atoms with E-state index in [0.29, 0.717) is 4.90 Å². The number of amides is 4. The summed E-state index contributed by atoms with van der Waals surface area (Å²) in [6.07, 6.45) is 0. The number of quaternary nitrogens is 1. The van der Waals surface area contributed by atoms with Gasteiger partial charge in [-0.1, -0.05) is 18.2 Å². The molecule has 0 radical (unpaired) electrons. The molecule has 0 aliphatic heterocycles. The van der Waals surface area contributed by atoms with Crippen molar-refractivity contribution in [2.75, 3.05) is 32.5 Å². The van der Waals surface area contributed by atoms with Gasteiger partial charge >= 0.3 is 6.03 Å². The van der Waals surface area contributed by atoms with Gasteiger partial charge in [0.15, 0.2) is 13.1 Å². The maximum Gasteiger partial charge on any atom is 0.321 e. The number of hydrogen-bond acceptors (Lipinski definition) is 3. The average Bonchev–Trinajstić information content (AvgIpc) is 2.42. The Morgan fingerprint density at radius 2 is 1.59 bits per heavy atom. The molecule has 22 heavy (non-hydrogen) atoms. The van der Waals surface area contributed by atoms with E-state index in [0.717, 1.165) is 16.8 Å². The minimum Gasteiger partial charge on any atom is -0.341 e. The minimum atomic E-state index is -0.558. The van der Waals surface area contributed by atoms with E-state index in [2.05, 4.69) is 16.0 Å². The second kappa shape index (κ2) is 8.14. The Morgan fingerprint density at radius 3 is 2.14 bits per heavy atom. The van der Waals surface area contributed by atoms with Crippen molar-refractivity contribution in [3.8, 4) is 0 Å². The summed E-state index contributed by atoms with van der Waals surface area (Å²) in [5.41, 5.74) is 2.78. The van der Waals surface area contributed by atoms with Gasteiger partial charge in [-0.2, -0.15) is 0 Å². The molecule has 0 saturated heterocycles.